The normalized spacial score (nSPS) is 5.00. The second-order valence-electron chi connectivity index (χ2n) is 1.10. The maximum absolute atomic E-state index is 6.38. The van der Waals surface area contributed by atoms with E-state index in [0.717, 1.165) is 0 Å². The van der Waals surface area contributed by atoms with Crippen LogP contribution in [-0.2, 0) is 0 Å². The molecule has 0 rings (SSSR count). The van der Waals surface area contributed by atoms with Crippen LogP contribution in [0.15, 0.2) is 0 Å². The minimum Gasteiger partial charge on any atom is -0.670 e. The monoisotopic (exact) mass is 120 g/mol. The van der Waals surface area contributed by atoms with Gasteiger partial charge in [-0.1, -0.05) is 0 Å². The zero-order valence-electron chi connectivity index (χ0n) is 6.41. The molecule has 0 saturated carbocycles. The van der Waals surface area contributed by atoms with Crippen LogP contribution < -0.4 is 48.4 Å². The summed E-state index contributed by atoms with van der Waals surface area (Å²) in [6, 6.07) is 4.00. The van der Waals surface area contributed by atoms with Crippen LogP contribution in [0.2, 0.25) is 0 Å². The SMILES string of the molecule is [C-]#CNCCNC#[C-].[Li+].[Li+]. The van der Waals surface area contributed by atoms with Gasteiger partial charge in [0.05, 0.1) is 0 Å². The molecule has 0 unspecified atom stereocenters. The molecule has 42 valence electrons. The minimum absolute atomic E-state index is 0. The van der Waals surface area contributed by atoms with E-state index in [1.807, 2.05) is 12.1 Å². The molecule has 0 aromatic heterocycles. The van der Waals surface area contributed by atoms with Crippen molar-refractivity contribution in [2.24, 2.45) is 0 Å². The van der Waals surface area contributed by atoms with E-state index in [9.17, 15) is 0 Å². The first-order valence-corrected chi connectivity index (χ1v) is 2.21. The predicted octanol–water partition coefficient (Wildman–Crippen LogP) is -6.73. The van der Waals surface area contributed by atoms with E-state index in [1.165, 1.54) is 0 Å². The Morgan fingerprint density at radius 2 is 1.20 bits per heavy atom. The minimum atomic E-state index is 0. The third kappa shape index (κ3) is 15.7. The summed E-state index contributed by atoms with van der Waals surface area (Å²) in [4.78, 5) is 0. The van der Waals surface area contributed by atoms with E-state index in [0.29, 0.717) is 13.1 Å². The van der Waals surface area contributed by atoms with E-state index in [-0.39, 0.29) is 37.7 Å². The van der Waals surface area contributed by atoms with Gasteiger partial charge in [0.25, 0.3) is 0 Å². The fraction of sp³-hybridized carbons (Fsp3) is 0.333. The van der Waals surface area contributed by atoms with E-state index >= 15 is 0 Å². The Bertz CT molecular complexity index is 107. The van der Waals surface area contributed by atoms with Crippen LogP contribution in [0, 0.1) is 24.9 Å². The molecular formula is C6H6Li2N2. The van der Waals surface area contributed by atoms with Crippen LogP contribution in [-0.4, -0.2) is 13.1 Å². The van der Waals surface area contributed by atoms with Crippen LogP contribution in [0.25, 0.3) is 0 Å². The number of hydrogen-bond acceptors (Lipinski definition) is 2. The van der Waals surface area contributed by atoms with Crippen molar-refractivity contribution in [1.82, 2.24) is 10.6 Å². The Morgan fingerprint density at radius 3 is 1.40 bits per heavy atom. The Kier molecular flexibility index (Phi) is 26.3. The van der Waals surface area contributed by atoms with Crippen molar-refractivity contribution in [2.75, 3.05) is 13.1 Å². The van der Waals surface area contributed by atoms with Gasteiger partial charge in [0.1, 0.15) is 0 Å². The summed E-state index contributed by atoms with van der Waals surface area (Å²) in [6.45, 7) is 1.21. The van der Waals surface area contributed by atoms with Crippen molar-refractivity contribution in [3.63, 3.8) is 0 Å². The fourth-order valence-electron chi connectivity index (χ4n) is 0.250. The summed E-state index contributed by atoms with van der Waals surface area (Å²) >= 11 is 0. The Labute approximate surface area is 86.3 Å². The van der Waals surface area contributed by atoms with Gasteiger partial charge in [-0.15, -0.1) is 0 Å². The molecule has 0 bridgehead atoms. The molecular weight excluding hydrogens is 114 g/mol. The van der Waals surface area contributed by atoms with Gasteiger partial charge < -0.3 is 23.5 Å². The van der Waals surface area contributed by atoms with Gasteiger partial charge in [-0.05, 0) is 0 Å². The van der Waals surface area contributed by atoms with Gasteiger partial charge in [-0.2, -0.15) is 0 Å². The molecule has 0 saturated heterocycles. The second kappa shape index (κ2) is 16.0. The molecule has 0 fully saturated rings. The summed E-state index contributed by atoms with van der Waals surface area (Å²) in [5.74, 6) is 0. The molecule has 0 aromatic rings. The summed E-state index contributed by atoms with van der Waals surface area (Å²) in [6.07, 6.45) is 12.8. The van der Waals surface area contributed by atoms with E-state index < -0.39 is 0 Å². The first-order chi connectivity index (χ1) is 3.91. The topological polar surface area (TPSA) is 24.1 Å². The van der Waals surface area contributed by atoms with Crippen molar-refractivity contribution >= 4 is 0 Å². The van der Waals surface area contributed by atoms with Crippen molar-refractivity contribution in [1.29, 1.82) is 0 Å². The zero-order valence-corrected chi connectivity index (χ0v) is 6.41. The summed E-state index contributed by atoms with van der Waals surface area (Å²) < 4.78 is 0. The van der Waals surface area contributed by atoms with Crippen molar-refractivity contribution in [2.45, 2.75) is 0 Å². The molecule has 0 heterocycles. The van der Waals surface area contributed by atoms with Gasteiger partial charge in [0.2, 0.25) is 0 Å². The zero-order chi connectivity index (χ0) is 6.24. The first kappa shape index (κ1) is 16.5. The third-order valence-electron chi connectivity index (χ3n) is 0.552. The van der Waals surface area contributed by atoms with Crippen LogP contribution in [0.5, 0.6) is 0 Å². The molecule has 2 N–H and O–H groups in total. The van der Waals surface area contributed by atoms with Crippen LogP contribution in [0.4, 0.5) is 0 Å². The molecule has 0 aromatic carbocycles. The Hall–Kier alpha value is -0.0852. The summed E-state index contributed by atoms with van der Waals surface area (Å²) in [7, 11) is 0. The molecule has 10 heavy (non-hydrogen) atoms. The average molecular weight is 120 g/mol. The molecule has 0 aliphatic carbocycles. The maximum atomic E-state index is 6.38. The van der Waals surface area contributed by atoms with Gasteiger partial charge in [0, 0.05) is 13.1 Å². The standard InChI is InChI=1S/C6H6N2.2Li/c1-3-7-5-6-8-4-2;;/h7-8H,5-6H2;;/q-2;2*+1. The van der Waals surface area contributed by atoms with Gasteiger partial charge in [-0.25, -0.2) is 0 Å². The van der Waals surface area contributed by atoms with Crippen LogP contribution in [0.3, 0.4) is 0 Å². The Balaban J connectivity index is -0.000000245. The molecule has 2 nitrogen and oxygen atoms in total. The summed E-state index contributed by atoms with van der Waals surface area (Å²) in [5, 5.41) is 5.03. The van der Waals surface area contributed by atoms with Gasteiger partial charge in [-0.3, -0.25) is 12.1 Å². The van der Waals surface area contributed by atoms with Crippen molar-refractivity contribution in [3.8, 4) is 12.1 Å². The van der Waals surface area contributed by atoms with Crippen molar-refractivity contribution in [3.05, 3.63) is 12.8 Å². The quantitative estimate of drug-likeness (QED) is 0.127. The van der Waals surface area contributed by atoms with Crippen LogP contribution in [0.1, 0.15) is 0 Å². The first-order valence-electron chi connectivity index (χ1n) is 2.21. The molecule has 0 atom stereocenters. The largest absolute Gasteiger partial charge is 1.00 e. The number of nitrogens with one attached hydrogen (secondary N) is 2. The van der Waals surface area contributed by atoms with E-state index in [4.69, 9.17) is 12.8 Å². The smallest absolute Gasteiger partial charge is 0.670 e. The van der Waals surface area contributed by atoms with E-state index in [1.54, 1.807) is 0 Å². The molecule has 0 aliphatic rings. The molecule has 4 heteroatoms. The van der Waals surface area contributed by atoms with Gasteiger partial charge in [0.15, 0.2) is 0 Å². The number of rotatable bonds is 3. The van der Waals surface area contributed by atoms with Crippen molar-refractivity contribution < 1.29 is 37.7 Å². The van der Waals surface area contributed by atoms with Crippen LogP contribution >= 0.6 is 0 Å². The number of hydrogen-bond donors (Lipinski definition) is 2. The Morgan fingerprint density at radius 1 is 0.900 bits per heavy atom. The summed E-state index contributed by atoms with van der Waals surface area (Å²) in [5.41, 5.74) is 0. The third-order valence-corrected chi connectivity index (χ3v) is 0.552. The molecule has 0 spiro atoms. The average Bonchev–Trinajstić information content (AvgIpc) is 1.81. The molecule has 0 amide bonds. The fourth-order valence-corrected chi connectivity index (χ4v) is 0.250. The maximum Gasteiger partial charge on any atom is 1.00 e. The molecule has 0 aliphatic heterocycles. The second-order valence-corrected chi connectivity index (χ2v) is 1.10. The molecule has 0 radical (unpaired) electrons. The van der Waals surface area contributed by atoms with E-state index in [2.05, 4.69) is 10.6 Å². The van der Waals surface area contributed by atoms with Gasteiger partial charge >= 0.3 is 37.7 Å². The predicted molar refractivity (Wildman–Crippen MR) is 30.3 cm³/mol.